The summed E-state index contributed by atoms with van der Waals surface area (Å²) in [7, 11) is -3.34. The van der Waals surface area contributed by atoms with Crippen LogP contribution in [0.1, 0.15) is 12.7 Å². The molecule has 1 unspecified atom stereocenters. The Hall–Kier alpha value is -1.37. The number of hydrogen-bond donors (Lipinski definition) is 2. The van der Waals surface area contributed by atoms with Crippen LogP contribution in [0.4, 0.5) is 0 Å². The summed E-state index contributed by atoms with van der Waals surface area (Å²) in [6.45, 7) is 1.55. The Bertz CT molecular complexity index is 424. The van der Waals surface area contributed by atoms with E-state index < -0.39 is 21.0 Å². The molecule has 84 valence electrons. The van der Waals surface area contributed by atoms with Crippen LogP contribution in [0, 0.1) is 0 Å². The van der Waals surface area contributed by atoms with Crippen molar-refractivity contribution < 1.29 is 13.2 Å². The van der Waals surface area contributed by atoms with Crippen molar-refractivity contribution in [3.8, 4) is 0 Å². The normalized spacial score (nSPS) is 13.5. The van der Waals surface area contributed by atoms with Crippen molar-refractivity contribution in [2.24, 2.45) is 0 Å². The molecule has 0 radical (unpaired) electrons. The summed E-state index contributed by atoms with van der Waals surface area (Å²) >= 11 is 0. The van der Waals surface area contributed by atoms with Crippen LogP contribution >= 0.6 is 0 Å². The van der Waals surface area contributed by atoms with Gasteiger partial charge < -0.3 is 10.3 Å². The number of carbonyl (C=O) groups excluding carboxylic acids is 1. The van der Waals surface area contributed by atoms with Crippen LogP contribution in [0.5, 0.6) is 0 Å². The number of nitrogens with one attached hydrogen (secondary N) is 2. The Morgan fingerprint density at radius 1 is 1.67 bits per heavy atom. The average molecular weight is 231 g/mol. The minimum absolute atomic E-state index is 0.200. The topological polar surface area (TPSA) is 91.9 Å². The standard InChI is InChI=1S/C8H13N3O3S/c1-6(15(2,13)14)8(12)11-5-7-9-3-4-10-7/h3-4,6H,5H2,1-2H3,(H,9,10)(H,11,12). The number of imidazole rings is 1. The predicted octanol–water partition coefficient (Wildman–Crippen LogP) is -0.541. The second-order valence-corrected chi connectivity index (χ2v) is 5.59. The van der Waals surface area contributed by atoms with E-state index in [-0.39, 0.29) is 6.54 Å². The van der Waals surface area contributed by atoms with E-state index in [2.05, 4.69) is 15.3 Å². The molecule has 0 saturated heterocycles. The highest BCUT2D eigenvalue weighted by molar-refractivity contribution is 7.92. The Labute approximate surface area is 88.0 Å². The van der Waals surface area contributed by atoms with E-state index in [4.69, 9.17) is 0 Å². The van der Waals surface area contributed by atoms with Crippen molar-refractivity contribution in [1.29, 1.82) is 0 Å². The fraction of sp³-hybridized carbons (Fsp3) is 0.500. The lowest BCUT2D eigenvalue weighted by Crippen LogP contribution is -2.37. The number of nitrogens with zero attached hydrogens (tertiary/aromatic N) is 1. The molecule has 0 bridgehead atoms. The summed E-state index contributed by atoms with van der Waals surface area (Å²) in [5, 5.41) is 1.44. The van der Waals surface area contributed by atoms with E-state index in [1.807, 2.05) is 0 Å². The first kappa shape index (κ1) is 11.7. The SMILES string of the molecule is CC(C(=O)NCc1ncc[nH]1)S(C)(=O)=O. The highest BCUT2D eigenvalue weighted by Gasteiger charge is 2.23. The average Bonchev–Trinajstić information content (AvgIpc) is 2.63. The van der Waals surface area contributed by atoms with Crippen LogP contribution in [0.25, 0.3) is 0 Å². The lowest BCUT2D eigenvalue weighted by molar-refractivity contribution is -0.120. The molecule has 6 nitrogen and oxygen atoms in total. The predicted molar refractivity (Wildman–Crippen MR) is 54.7 cm³/mol. The summed E-state index contributed by atoms with van der Waals surface area (Å²) < 4.78 is 22.1. The highest BCUT2D eigenvalue weighted by Crippen LogP contribution is 1.98. The Morgan fingerprint density at radius 2 is 2.33 bits per heavy atom. The van der Waals surface area contributed by atoms with E-state index in [1.54, 1.807) is 12.4 Å². The van der Waals surface area contributed by atoms with Gasteiger partial charge in [-0.05, 0) is 6.92 Å². The molecule has 0 spiro atoms. The Kier molecular flexibility index (Phi) is 3.46. The van der Waals surface area contributed by atoms with Gasteiger partial charge >= 0.3 is 0 Å². The molecule has 0 aliphatic carbocycles. The molecule has 0 aliphatic heterocycles. The van der Waals surface area contributed by atoms with E-state index >= 15 is 0 Å². The lowest BCUT2D eigenvalue weighted by atomic mass is 10.4. The largest absolute Gasteiger partial charge is 0.348 e. The van der Waals surface area contributed by atoms with Gasteiger partial charge in [0.1, 0.15) is 11.1 Å². The molecule has 1 amide bonds. The van der Waals surface area contributed by atoms with Gasteiger partial charge in [0.25, 0.3) is 0 Å². The van der Waals surface area contributed by atoms with E-state index in [0.29, 0.717) is 5.82 Å². The van der Waals surface area contributed by atoms with Crippen molar-refractivity contribution in [2.75, 3.05) is 6.26 Å². The van der Waals surface area contributed by atoms with Gasteiger partial charge in [-0.25, -0.2) is 13.4 Å². The van der Waals surface area contributed by atoms with E-state index in [1.165, 1.54) is 6.92 Å². The van der Waals surface area contributed by atoms with Crippen molar-refractivity contribution in [3.05, 3.63) is 18.2 Å². The lowest BCUT2D eigenvalue weighted by Gasteiger charge is -2.08. The van der Waals surface area contributed by atoms with Crippen molar-refractivity contribution in [2.45, 2.75) is 18.7 Å². The van der Waals surface area contributed by atoms with Crippen LogP contribution in [-0.4, -0.2) is 35.8 Å². The molecule has 0 aliphatic rings. The quantitative estimate of drug-likeness (QED) is 0.728. The maximum atomic E-state index is 11.4. The van der Waals surface area contributed by atoms with Gasteiger partial charge in [-0.3, -0.25) is 4.79 Å². The van der Waals surface area contributed by atoms with Crippen LogP contribution in [0.2, 0.25) is 0 Å². The van der Waals surface area contributed by atoms with Gasteiger partial charge in [0.15, 0.2) is 9.84 Å². The molecular formula is C8H13N3O3S. The second-order valence-electron chi connectivity index (χ2n) is 3.23. The third-order valence-electron chi connectivity index (χ3n) is 2.00. The highest BCUT2D eigenvalue weighted by atomic mass is 32.2. The van der Waals surface area contributed by atoms with E-state index in [9.17, 15) is 13.2 Å². The molecule has 7 heteroatoms. The molecule has 0 aromatic carbocycles. The minimum Gasteiger partial charge on any atom is -0.348 e. The van der Waals surface area contributed by atoms with Crippen LogP contribution in [0.3, 0.4) is 0 Å². The number of aromatic amines is 1. The molecule has 2 N–H and O–H groups in total. The number of sulfone groups is 1. The number of hydrogen-bond acceptors (Lipinski definition) is 4. The molecule has 1 aromatic heterocycles. The summed E-state index contributed by atoms with van der Waals surface area (Å²) in [5.74, 6) is 0.0675. The van der Waals surface area contributed by atoms with Gasteiger partial charge in [0, 0.05) is 18.6 Å². The van der Waals surface area contributed by atoms with Gasteiger partial charge in [0.05, 0.1) is 6.54 Å². The smallest absolute Gasteiger partial charge is 0.238 e. The van der Waals surface area contributed by atoms with Gasteiger partial charge in [-0.1, -0.05) is 0 Å². The van der Waals surface area contributed by atoms with E-state index in [0.717, 1.165) is 6.26 Å². The second kappa shape index (κ2) is 4.43. The minimum atomic E-state index is -3.34. The first-order valence-electron chi connectivity index (χ1n) is 4.36. The molecule has 1 heterocycles. The zero-order chi connectivity index (χ0) is 11.5. The van der Waals surface area contributed by atoms with Crippen LogP contribution in [-0.2, 0) is 21.2 Å². The third-order valence-corrected chi connectivity index (χ3v) is 3.49. The van der Waals surface area contributed by atoms with Crippen molar-refractivity contribution >= 4 is 15.7 Å². The number of aromatic nitrogens is 2. The number of amides is 1. The summed E-state index contributed by atoms with van der Waals surface area (Å²) in [6.07, 6.45) is 4.22. The Morgan fingerprint density at radius 3 is 2.80 bits per heavy atom. The van der Waals surface area contributed by atoms with Crippen molar-refractivity contribution in [3.63, 3.8) is 0 Å². The number of rotatable bonds is 4. The zero-order valence-electron chi connectivity index (χ0n) is 8.52. The molecule has 0 fully saturated rings. The molecule has 1 atom stereocenters. The van der Waals surface area contributed by atoms with Crippen molar-refractivity contribution in [1.82, 2.24) is 15.3 Å². The van der Waals surface area contributed by atoms with Crippen LogP contribution < -0.4 is 5.32 Å². The van der Waals surface area contributed by atoms with Gasteiger partial charge in [-0.15, -0.1) is 0 Å². The van der Waals surface area contributed by atoms with Crippen LogP contribution in [0.15, 0.2) is 12.4 Å². The third kappa shape index (κ3) is 3.35. The fourth-order valence-electron chi connectivity index (χ4n) is 0.904. The summed E-state index contributed by atoms with van der Waals surface area (Å²) in [6, 6.07) is 0. The number of carbonyl (C=O) groups is 1. The Balaban J connectivity index is 2.50. The molecule has 0 saturated carbocycles. The monoisotopic (exact) mass is 231 g/mol. The summed E-state index contributed by atoms with van der Waals surface area (Å²) in [5.41, 5.74) is 0. The first-order valence-corrected chi connectivity index (χ1v) is 6.31. The van der Waals surface area contributed by atoms with Gasteiger partial charge in [0.2, 0.25) is 5.91 Å². The maximum Gasteiger partial charge on any atom is 0.238 e. The molecular weight excluding hydrogens is 218 g/mol. The maximum absolute atomic E-state index is 11.4. The molecule has 1 aromatic rings. The summed E-state index contributed by atoms with van der Waals surface area (Å²) in [4.78, 5) is 18.0. The first-order chi connectivity index (χ1) is 6.91. The fourth-order valence-corrected chi connectivity index (χ4v) is 1.38. The zero-order valence-corrected chi connectivity index (χ0v) is 9.34. The molecule has 1 rings (SSSR count). The van der Waals surface area contributed by atoms with Gasteiger partial charge in [-0.2, -0.15) is 0 Å². The number of H-pyrrole nitrogens is 1. The molecule has 15 heavy (non-hydrogen) atoms.